The highest BCUT2D eigenvalue weighted by molar-refractivity contribution is 7.71. The third kappa shape index (κ3) is 1.52. The maximum atomic E-state index is 5.48. The molecule has 4 nitrogen and oxygen atoms in total. The second-order valence-corrected chi connectivity index (χ2v) is 6.15. The summed E-state index contributed by atoms with van der Waals surface area (Å²) in [6.45, 7) is 1.99. The van der Waals surface area contributed by atoms with Crippen molar-refractivity contribution in [1.82, 2.24) is 19.3 Å². The van der Waals surface area contributed by atoms with Crippen LogP contribution in [0.2, 0.25) is 0 Å². The molecular weight excluding hydrogens is 288 g/mol. The van der Waals surface area contributed by atoms with Gasteiger partial charge in [0.2, 0.25) is 0 Å². The van der Waals surface area contributed by atoms with E-state index in [1.54, 1.807) is 11.3 Å². The number of hydrogen-bond donors (Lipinski definition) is 1. The van der Waals surface area contributed by atoms with Gasteiger partial charge >= 0.3 is 0 Å². The first-order valence-corrected chi connectivity index (χ1v) is 7.56. The molecule has 0 atom stereocenters. The van der Waals surface area contributed by atoms with Crippen molar-refractivity contribution in [3.05, 3.63) is 40.1 Å². The van der Waals surface area contributed by atoms with Gasteiger partial charge in [0.15, 0.2) is 10.4 Å². The zero-order chi connectivity index (χ0) is 13.9. The zero-order valence-electron chi connectivity index (χ0n) is 11.0. The number of hydrogen-bond acceptors (Lipinski definition) is 3. The summed E-state index contributed by atoms with van der Waals surface area (Å²) >= 11 is 7.23. The Morgan fingerprint density at radius 3 is 3.00 bits per heavy atom. The van der Waals surface area contributed by atoms with Crippen LogP contribution in [-0.2, 0) is 7.05 Å². The van der Waals surface area contributed by atoms with E-state index in [2.05, 4.69) is 39.7 Å². The molecular formula is C14H12N4S2. The number of nitrogens with one attached hydrogen (secondary N) is 1. The maximum absolute atomic E-state index is 5.48. The Bertz CT molecular complexity index is 999. The molecule has 0 aliphatic rings. The highest BCUT2D eigenvalue weighted by Crippen LogP contribution is 2.26. The molecule has 20 heavy (non-hydrogen) atoms. The minimum atomic E-state index is 0.700. The lowest BCUT2D eigenvalue weighted by Crippen LogP contribution is -2.00. The van der Waals surface area contributed by atoms with Gasteiger partial charge in [-0.05, 0) is 54.2 Å². The minimum absolute atomic E-state index is 0.700. The van der Waals surface area contributed by atoms with E-state index in [4.69, 9.17) is 12.2 Å². The molecule has 0 aliphatic heterocycles. The first-order chi connectivity index (χ1) is 9.65. The average molecular weight is 300 g/mol. The molecule has 0 amide bonds. The highest BCUT2D eigenvalue weighted by atomic mass is 32.1. The van der Waals surface area contributed by atoms with E-state index in [1.165, 1.54) is 10.1 Å². The molecule has 0 bridgehead atoms. The third-order valence-electron chi connectivity index (χ3n) is 3.53. The molecule has 1 N–H and O–H groups in total. The molecule has 100 valence electrons. The summed E-state index contributed by atoms with van der Waals surface area (Å²) in [7, 11) is 1.94. The largest absolute Gasteiger partial charge is 0.327 e. The fourth-order valence-corrected chi connectivity index (χ4v) is 3.71. The number of H-pyrrole nitrogens is 1. The number of aryl methyl sites for hydroxylation is 2. The Kier molecular flexibility index (Phi) is 2.40. The van der Waals surface area contributed by atoms with Crippen LogP contribution in [0, 0.1) is 11.7 Å². The number of rotatable bonds is 1. The van der Waals surface area contributed by atoms with Crippen LogP contribution >= 0.6 is 23.6 Å². The monoisotopic (exact) mass is 300 g/mol. The molecule has 3 aromatic heterocycles. The quantitative estimate of drug-likeness (QED) is 0.541. The number of fused-ring (bicyclic) bond motifs is 2. The Morgan fingerprint density at radius 2 is 2.15 bits per heavy atom. The van der Waals surface area contributed by atoms with E-state index in [1.807, 2.05) is 23.2 Å². The fourth-order valence-electron chi connectivity index (χ4n) is 2.64. The van der Waals surface area contributed by atoms with Crippen LogP contribution in [-0.4, -0.2) is 19.3 Å². The van der Waals surface area contributed by atoms with E-state index in [-0.39, 0.29) is 0 Å². The summed E-state index contributed by atoms with van der Waals surface area (Å²) in [4.78, 5) is 3.25. The predicted octanol–water partition coefficient (Wildman–Crippen LogP) is 3.94. The molecule has 6 heteroatoms. The maximum Gasteiger partial charge on any atom is 0.184 e. The van der Waals surface area contributed by atoms with Crippen molar-refractivity contribution in [1.29, 1.82) is 0 Å². The summed E-state index contributed by atoms with van der Waals surface area (Å²) < 4.78 is 5.90. The lowest BCUT2D eigenvalue weighted by molar-refractivity contribution is 0.759. The molecule has 0 saturated heterocycles. The molecule has 0 aliphatic carbocycles. The normalized spacial score (nSPS) is 11.7. The SMILES string of the molecule is Cc1nn(C)c2c1[nH]c(=S)n2-c1ccc2sccc2c1. The van der Waals surface area contributed by atoms with Crippen LogP contribution in [0.4, 0.5) is 0 Å². The number of aromatic amines is 1. The summed E-state index contributed by atoms with van der Waals surface area (Å²) in [6, 6.07) is 8.53. The van der Waals surface area contributed by atoms with E-state index in [0.29, 0.717) is 4.77 Å². The van der Waals surface area contributed by atoms with Gasteiger partial charge < -0.3 is 4.98 Å². The van der Waals surface area contributed by atoms with Crippen LogP contribution in [0.25, 0.3) is 26.9 Å². The molecule has 0 spiro atoms. The number of thiophene rings is 1. The average Bonchev–Trinajstić information content (AvgIpc) is 3.06. The van der Waals surface area contributed by atoms with Crippen LogP contribution in [0.3, 0.4) is 0 Å². The van der Waals surface area contributed by atoms with Gasteiger partial charge in [0.25, 0.3) is 0 Å². The van der Waals surface area contributed by atoms with Crippen LogP contribution in [0.5, 0.6) is 0 Å². The lowest BCUT2D eigenvalue weighted by atomic mass is 10.2. The highest BCUT2D eigenvalue weighted by Gasteiger charge is 2.14. The molecule has 3 heterocycles. The topological polar surface area (TPSA) is 38.5 Å². The van der Waals surface area contributed by atoms with E-state index >= 15 is 0 Å². The van der Waals surface area contributed by atoms with Crippen molar-refractivity contribution in [2.45, 2.75) is 6.92 Å². The molecule has 1 aromatic carbocycles. The first-order valence-electron chi connectivity index (χ1n) is 6.27. The summed E-state index contributed by atoms with van der Waals surface area (Å²) in [5, 5.41) is 7.79. The van der Waals surface area contributed by atoms with Crippen molar-refractivity contribution in [3.63, 3.8) is 0 Å². The molecule has 4 aromatic rings. The van der Waals surface area contributed by atoms with Crippen molar-refractivity contribution >= 4 is 44.8 Å². The first kappa shape index (κ1) is 11.9. The van der Waals surface area contributed by atoms with E-state index in [0.717, 1.165) is 22.5 Å². The summed E-state index contributed by atoms with van der Waals surface area (Å²) in [5.74, 6) is 0. The van der Waals surface area contributed by atoms with Gasteiger partial charge in [-0.2, -0.15) is 5.10 Å². The minimum Gasteiger partial charge on any atom is -0.327 e. The third-order valence-corrected chi connectivity index (χ3v) is 4.72. The van der Waals surface area contributed by atoms with Crippen molar-refractivity contribution in [2.24, 2.45) is 7.05 Å². The van der Waals surface area contributed by atoms with Crippen LogP contribution < -0.4 is 0 Å². The van der Waals surface area contributed by atoms with Gasteiger partial charge in [-0.3, -0.25) is 4.57 Å². The second kappa shape index (κ2) is 4.04. The molecule has 0 radical (unpaired) electrons. The van der Waals surface area contributed by atoms with Gasteiger partial charge in [0.05, 0.1) is 11.4 Å². The second-order valence-electron chi connectivity index (χ2n) is 4.82. The number of aromatic nitrogens is 4. The molecule has 4 rings (SSSR count). The summed E-state index contributed by atoms with van der Waals surface area (Å²) in [5.41, 5.74) is 4.03. The van der Waals surface area contributed by atoms with E-state index in [9.17, 15) is 0 Å². The van der Waals surface area contributed by atoms with Gasteiger partial charge in [0, 0.05) is 11.7 Å². The number of benzene rings is 1. The van der Waals surface area contributed by atoms with Crippen molar-refractivity contribution in [3.8, 4) is 5.69 Å². The van der Waals surface area contributed by atoms with Gasteiger partial charge in [-0.1, -0.05) is 0 Å². The Balaban J connectivity index is 2.10. The number of imidazole rings is 1. The smallest absolute Gasteiger partial charge is 0.184 e. The van der Waals surface area contributed by atoms with Gasteiger partial charge in [-0.15, -0.1) is 11.3 Å². The van der Waals surface area contributed by atoms with Crippen LogP contribution in [0.1, 0.15) is 5.69 Å². The van der Waals surface area contributed by atoms with Crippen LogP contribution in [0.15, 0.2) is 29.6 Å². The molecule has 0 unspecified atom stereocenters. The lowest BCUT2D eigenvalue weighted by Gasteiger charge is -2.05. The standard InChI is InChI=1S/C14H12N4S2/c1-8-12-13(17(2)16-8)18(14(19)15-12)10-3-4-11-9(7-10)5-6-20-11/h3-7H,1-2H3,(H,15,19). The van der Waals surface area contributed by atoms with Crippen molar-refractivity contribution in [2.75, 3.05) is 0 Å². The Labute approximate surface area is 124 Å². The Morgan fingerprint density at radius 1 is 1.30 bits per heavy atom. The zero-order valence-corrected chi connectivity index (χ0v) is 12.7. The van der Waals surface area contributed by atoms with E-state index < -0.39 is 0 Å². The van der Waals surface area contributed by atoms with Gasteiger partial charge in [-0.25, -0.2) is 4.68 Å². The number of nitrogens with zero attached hydrogens (tertiary/aromatic N) is 3. The molecule has 0 saturated carbocycles. The fraction of sp³-hybridized carbons (Fsp3) is 0.143. The Hall–Kier alpha value is -1.92. The predicted molar refractivity (Wildman–Crippen MR) is 85.3 cm³/mol. The summed E-state index contributed by atoms with van der Waals surface area (Å²) in [6.07, 6.45) is 0. The van der Waals surface area contributed by atoms with Gasteiger partial charge in [0.1, 0.15) is 5.52 Å². The molecule has 0 fully saturated rings. The van der Waals surface area contributed by atoms with Crippen molar-refractivity contribution < 1.29 is 0 Å².